The molecule has 0 aliphatic heterocycles. The van der Waals surface area contributed by atoms with Gasteiger partial charge in [0.25, 0.3) is 0 Å². The van der Waals surface area contributed by atoms with Crippen molar-refractivity contribution in [3.8, 4) is 10.6 Å². The highest BCUT2D eigenvalue weighted by Gasteiger charge is 2.14. The molecule has 1 aliphatic rings. The summed E-state index contributed by atoms with van der Waals surface area (Å²) in [7, 11) is 0. The Balaban J connectivity index is 2.02. The first-order valence-corrected chi connectivity index (χ1v) is 6.07. The van der Waals surface area contributed by atoms with Crippen molar-refractivity contribution >= 4 is 17.2 Å². The third-order valence-electron chi connectivity index (χ3n) is 2.86. The van der Waals surface area contributed by atoms with Crippen molar-refractivity contribution in [2.24, 2.45) is 0 Å². The monoisotopic (exact) mass is 219 g/mol. The van der Waals surface area contributed by atoms with Crippen molar-refractivity contribution in [1.29, 1.82) is 0 Å². The van der Waals surface area contributed by atoms with Crippen molar-refractivity contribution in [3.05, 3.63) is 22.6 Å². The predicted molar refractivity (Wildman–Crippen MR) is 63.0 cm³/mol. The summed E-state index contributed by atoms with van der Waals surface area (Å²) in [5.74, 6) is 0.566. The van der Waals surface area contributed by atoms with E-state index < -0.39 is 0 Å². The van der Waals surface area contributed by atoms with E-state index in [0.29, 0.717) is 5.82 Å². The number of aromatic amines is 1. The second-order valence-corrected chi connectivity index (χ2v) is 5.11. The van der Waals surface area contributed by atoms with Crippen LogP contribution in [0.25, 0.3) is 10.6 Å². The third kappa shape index (κ3) is 1.55. The Bertz CT molecular complexity index is 460. The molecule has 0 fully saturated rings. The maximum atomic E-state index is 5.60. The molecule has 78 valence electrons. The van der Waals surface area contributed by atoms with Gasteiger partial charge in [0.15, 0.2) is 0 Å². The van der Waals surface area contributed by atoms with Gasteiger partial charge in [0.05, 0.1) is 10.6 Å². The fourth-order valence-electron chi connectivity index (χ4n) is 2.09. The first-order valence-electron chi connectivity index (χ1n) is 5.26. The van der Waals surface area contributed by atoms with Gasteiger partial charge in [0.1, 0.15) is 5.82 Å². The molecule has 3 rings (SSSR count). The van der Waals surface area contributed by atoms with Crippen LogP contribution in [0.15, 0.2) is 12.1 Å². The topological polar surface area (TPSA) is 54.7 Å². The molecule has 2 heterocycles. The number of nitrogens with zero attached hydrogens (tertiary/aromatic N) is 1. The van der Waals surface area contributed by atoms with Crippen molar-refractivity contribution in [1.82, 2.24) is 10.2 Å². The number of H-pyrrole nitrogens is 1. The summed E-state index contributed by atoms with van der Waals surface area (Å²) in [6, 6.07) is 4.18. The molecular formula is C11H13N3S. The van der Waals surface area contributed by atoms with E-state index in [0.717, 1.165) is 5.69 Å². The molecule has 3 nitrogen and oxygen atoms in total. The number of hydrogen-bond acceptors (Lipinski definition) is 3. The number of rotatable bonds is 1. The summed E-state index contributed by atoms with van der Waals surface area (Å²) >= 11 is 1.87. The van der Waals surface area contributed by atoms with Crippen LogP contribution in [0, 0.1) is 0 Å². The quantitative estimate of drug-likeness (QED) is 0.774. The fourth-order valence-corrected chi connectivity index (χ4v) is 3.31. The molecule has 3 N–H and O–H groups in total. The highest BCUT2D eigenvalue weighted by molar-refractivity contribution is 7.15. The number of anilines is 1. The van der Waals surface area contributed by atoms with Crippen molar-refractivity contribution in [2.45, 2.75) is 25.7 Å². The highest BCUT2D eigenvalue weighted by Crippen LogP contribution is 2.35. The van der Waals surface area contributed by atoms with Gasteiger partial charge >= 0.3 is 0 Å². The maximum Gasteiger partial charge on any atom is 0.145 e. The second-order valence-electron chi connectivity index (χ2n) is 3.97. The van der Waals surface area contributed by atoms with Crippen molar-refractivity contribution < 1.29 is 0 Å². The molecule has 2 aromatic rings. The number of aryl methyl sites for hydroxylation is 2. The molecule has 0 saturated heterocycles. The van der Waals surface area contributed by atoms with Gasteiger partial charge in [-0.25, -0.2) is 0 Å². The second kappa shape index (κ2) is 3.38. The maximum absolute atomic E-state index is 5.60. The Labute approximate surface area is 92.3 Å². The van der Waals surface area contributed by atoms with Gasteiger partial charge in [-0.2, -0.15) is 5.10 Å². The molecule has 4 heteroatoms. The van der Waals surface area contributed by atoms with E-state index in [1.54, 1.807) is 4.88 Å². The zero-order chi connectivity index (χ0) is 10.3. The van der Waals surface area contributed by atoms with Crippen LogP contribution in [-0.4, -0.2) is 10.2 Å². The van der Waals surface area contributed by atoms with E-state index in [-0.39, 0.29) is 0 Å². The average molecular weight is 219 g/mol. The Hall–Kier alpha value is -1.29. The molecule has 0 atom stereocenters. The Kier molecular flexibility index (Phi) is 2.02. The molecule has 0 unspecified atom stereocenters. The Morgan fingerprint density at radius 2 is 2.13 bits per heavy atom. The predicted octanol–water partition coefficient (Wildman–Crippen LogP) is 2.60. The summed E-state index contributed by atoms with van der Waals surface area (Å²) in [5.41, 5.74) is 8.17. The van der Waals surface area contributed by atoms with Gasteiger partial charge in [-0.1, -0.05) is 0 Å². The number of nitrogens with two attached hydrogens (primary N) is 1. The number of hydrogen-bond donors (Lipinski definition) is 2. The largest absolute Gasteiger partial charge is 0.382 e. The molecule has 0 amide bonds. The zero-order valence-electron chi connectivity index (χ0n) is 8.42. The zero-order valence-corrected chi connectivity index (χ0v) is 9.23. The fraction of sp³-hybridized carbons (Fsp3) is 0.364. The van der Waals surface area contributed by atoms with E-state index >= 15 is 0 Å². The number of nitrogen functional groups attached to an aromatic ring is 1. The SMILES string of the molecule is Nc1cc(-c2cc3c(s2)CCCC3)[nH]n1. The normalized spacial score (nSPS) is 15.2. The number of aromatic nitrogens is 2. The minimum Gasteiger partial charge on any atom is -0.382 e. The van der Waals surface area contributed by atoms with Crippen LogP contribution < -0.4 is 5.73 Å². The summed E-state index contributed by atoms with van der Waals surface area (Å²) in [5, 5.41) is 6.92. The standard InChI is InChI=1S/C11H13N3S/c12-11-6-8(13-14-11)10-5-7-3-1-2-4-9(7)15-10/h5-6H,1-4H2,(H3,12,13,14). The number of nitrogens with one attached hydrogen (secondary N) is 1. The van der Waals surface area contributed by atoms with E-state index in [4.69, 9.17) is 5.73 Å². The van der Waals surface area contributed by atoms with Gasteiger partial charge in [-0.05, 0) is 37.3 Å². The molecule has 1 aliphatic carbocycles. The smallest absolute Gasteiger partial charge is 0.145 e. The molecule has 15 heavy (non-hydrogen) atoms. The van der Waals surface area contributed by atoms with Gasteiger partial charge < -0.3 is 5.73 Å². The first kappa shape index (κ1) is 8.97. The highest BCUT2D eigenvalue weighted by atomic mass is 32.1. The molecule has 0 aromatic carbocycles. The van der Waals surface area contributed by atoms with Crippen LogP contribution in [-0.2, 0) is 12.8 Å². The van der Waals surface area contributed by atoms with E-state index in [9.17, 15) is 0 Å². The lowest BCUT2D eigenvalue weighted by atomic mass is 9.99. The van der Waals surface area contributed by atoms with Crippen LogP contribution in [0.5, 0.6) is 0 Å². The van der Waals surface area contributed by atoms with Crippen molar-refractivity contribution in [2.75, 3.05) is 5.73 Å². The molecule has 0 radical (unpaired) electrons. The van der Waals surface area contributed by atoms with Crippen LogP contribution in [0.2, 0.25) is 0 Å². The van der Waals surface area contributed by atoms with Gasteiger partial charge in [-0.15, -0.1) is 11.3 Å². The average Bonchev–Trinajstić information content (AvgIpc) is 2.82. The van der Waals surface area contributed by atoms with Crippen LogP contribution in [0.1, 0.15) is 23.3 Å². The minimum absolute atomic E-state index is 0.566. The molecular weight excluding hydrogens is 206 g/mol. The summed E-state index contributed by atoms with van der Waals surface area (Å²) in [4.78, 5) is 2.82. The lowest BCUT2D eigenvalue weighted by Crippen LogP contribution is -1.96. The summed E-state index contributed by atoms with van der Waals surface area (Å²) in [6.45, 7) is 0. The lowest BCUT2D eigenvalue weighted by molar-refractivity contribution is 0.697. The van der Waals surface area contributed by atoms with Crippen LogP contribution in [0.4, 0.5) is 5.82 Å². The van der Waals surface area contributed by atoms with E-state index in [1.165, 1.54) is 36.1 Å². The van der Waals surface area contributed by atoms with Gasteiger partial charge in [0, 0.05) is 10.9 Å². The minimum atomic E-state index is 0.566. The number of fused-ring (bicyclic) bond motifs is 1. The molecule has 0 spiro atoms. The van der Waals surface area contributed by atoms with Crippen molar-refractivity contribution in [3.63, 3.8) is 0 Å². The molecule has 0 bridgehead atoms. The first-order chi connectivity index (χ1) is 7.33. The van der Waals surface area contributed by atoms with E-state index in [1.807, 2.05) is 17.4 Å². The molecule has 2 aromatic heterocycles. The van der Waals surface area contributed by atoms with Gasteiger partial charge in [0.2, 0.25) is 0 Å². The number of thiophene rings is 1. The Morgan fingerprint density at radius 1 is 1.27 bits per heavy atom. The lowest BCUT2D eigenvalue weighted by Gasteiger charge is -2.08. The third-order valence-corrected chi connectivity index (χ3v) is 4.13. The molecule has 0 saturated carbocycles. The van der Waals surface area contributed by atoms with Gasteiger partial charge in [-0.3, -0.25) is 5.10 Å². The summed E-state index contributed by atoms with van der Waals surface area (Å²) < 4.78 is 0. The summed E-state index contributed by atoms with van der Waals surface area (Å²) in [6.07, 6.45) is 5.13. The Morgan fingerprint density at radius 3 is 2.87 bits per heavy atom. The van der Waals surface area contributed by atoms with Crippen LogP contribution >= 0.6 is 11.3 Å². The van der Waals surface area contributed by atoms with E-state index in [2.05, 4.69) is 16.3 Å². The van der Waals surface area contributed by atoms with Crippen LogP contribution in [0.3, 0.4) is 0 Å².